The molecule has 0 fully saturated rings. The number of aryl methyl sites for hydroxylation is 1. The van der Waals surface area contributed by atoms with Crippen LogP contribution in [-0.2, 0) is 7.05 Å². The maximum atomic E-state index is 9.58. The van der Waals surface area contributed by atoms with Crippen molar-refractivity contribution in [3.8, 4) is 5.75 Å². The number of benzene rings is 2. The van der Waals surface area contributed by atoms with Crippen LogP contribution in [0.1, 0.15) is 5.56 Å². The lowest BCUT2D eigenvalue weighted by Gasteiger charge is -2.01. The van der Waals surface area contributed by atoms with E-state index in [9.17, 15) is 5.11 Å². The van der Waals surface area contributed by atoms with Gasteiger partial charge in [0.05, 0.1) is 16.8 Å². The number of phenolic OH excluding ortho intramolecular Hbond substituents is 1. The number of nitrogens with one attached hydrogen (secondary N) is 1. The number of para-hydroxylation sites is 1. The molecule has 124 valence electrons. The van der Waals surface area contributed by atoms with Gasteiger partial charge in [0, 0.05) is 18.0 Å². The maximum Gasteiger partial charge on any atom is 0.265 e. The van der Waals surface area contributed by atoms with Crippen LogP contribution in [0.3, 0.4) is 0 Å². The smallest absolute Gasteiger partial charge is 0.265 e. The second kappa shape index (κ2) is 6.03. The fraction of sp³-hybridized carbons (Fsp3) is 0.0588. The first-order chi connectivity index (χ1) is 12.1. The third kappa shape index (κ3) is 2.64. The number of aromatic hydroxyl groups is 1. The molecular weight excluding hydrogens is 340 g/mol. The van der Waals surface area contributed by atoms with Crippen LogP contribution in [0.4, 0.5) is 5.95 Å². The Morgan fingerprint density at radius 2 is 2.00 bits per heavy atom. The van der Waals surface area contributed by atoms with Crippen LogP contribution in [0.25, 0.3) is 22.1 Å². The molecule has 0 atom stereocenters. The summed E-state index contributed by atoms with van der Waals surface area (Å²) in [7, 11) is 1.93. The van der Waals surface area contributed by atoms with Gasteiger partial charge in [-0.3, -0.25) is 0 Å². The second-order valence-corrected chi connectivity index (χ2v) is 5.81. The van der Waals surface area contributed by atoms with Gasteiger partial charge in [-0.05, 0) is 12.1 Å². The number of hydrogen-bond donors (Lipinski definition) is 2. The van der Waals surface area contributed by atoms with Crippen molar-refractivity contribution in [2.75, 3.05) is 5.43 Å². The van der Waals surface area contributed by atoms with E-state index in [0.717, 1.165) is 16.4 Å². The molecule has 0 saturated heterocycles. The summed E-state index contributed by atoms with van der Waals surface area (Å²) in [5, 5.41) is 23.2. The molecule has 0 bridgehead atoms. The summed E-state index contributed by atoms with van der Waals surface area (Å²) >= 11 is 6.00. The summed E-state index contributed by atoms with van der Waals surface area (Å²) in [5.74, 6) is 0.270. The fourth-order valence-corrected chi connectivity index (χ4v) is 2.82. The number of fused-ring (bicyclic) bond motifs is 3. The molecule has 0 aliphatic rings. The van der Waals surface area contributed by atoms with Gasteiger partial charge in [0.15, 0.2) is 5.65 Å². The molecular formula is C17H13ClN6O. The Labute approximate surface area is 147 Å². The first kappa shape index (κ1) is 15.3. The molecule has 2 N–H and O–H groups in total. The van der Waals surface area contributed by atoms with Crippen molar-refractivity contribution < 1.29 is 5.11 Å². The largest absolute Gasteiger partial charge is 0.506 e. The van der Waals surface area contributed by atoms with Crippen LogP contribution >= 0.6 is 11.6 Å². The zero-order valence-electron chi connectivity index (χ0n) is 13.2. The van der Waals surface area contributed by atoms with Gasteiger partial charge in [-0.25, -0.2) is 5.43 Å². The predicted molar refractivity (Wildman–Crippen MR) is 98.1 cm³/mol. The Balaban J connectivity index is 1.66. The van der Waals surface area contributed by atoms with Gasteiger partial charge in [0.2, 0.25) is 0 Å². The lowest BCUT2D eigenvalue weighted by Crippen LogP contribution is -2.01. The molecule has 0 saturated carbocycles. The van der Waals surface area contributed by atoms with E-state index in [0.29, 0.717) is 11.2 Å². The molecule has 4 aromatic rings. The second-order valence-electron chi connectivity index (χ2n) is 5.43. The minimum Gasteiger partial charge on any atom is -0.506 e. The highest BCUT2D eigenvalue weighted by Crippen LogP contribution is 2.26. The summed E-state index contributed by atoms with van der Waals surface area (Å²) in [6.45, 7) is 0. The van der Waals surface area contributed by atoms with Crippen molar-refractivity contribution in [3.63, 3.8) is 0 Å². The molecule has 0 aliphatic heterocycles. The molecule has 8 heteroatoms. The summed E-state index contributed by atoms with van der Waals surface area (Å²) in [4.78, 5) is 4.47. The summed E-state index contributed by atoms with van der Waals surface area (Å²) < 4.78 is 1.96. The summed E-state index contributed by atoms with van der Waals surface area (Å²) in [6, 6.07) is 12.9. The van der Waals surface area contributed by atoms with Crippen LogP contribution in [-0.4, -0.2) is 31.1 Å². The predicted octanol–water partition coefficient (Wildman–Crippen LogP) is 3.32. The van der Waals surface area contributed by atoms with Crippen molar-refractivity contribution in [1.29, 1.82) is 0 Å². The van der Waals surface area contributed by atoms with Crippen molar-refractivity contribution in [3.05, 3.63) is 53.1 Å². The fourth-order valence-electron chi connectivity index (χ4n) is 2.65. The minimum atomic E-state index is 0.000420. The minimum absolute atomic E-state index is 0.000420. The van der Waals surface area contributed by atoms with Gasteiger partial charge >= 0.3 is 0 Å². The topological polar surface area (TPSA) is 88.2 Å². The van der Waals surface area contributed by atoms with E-state index in [-0.39, 0.29) is 16.7 Å². The van der Waals surface area contributed by atoms with Crippen LogP contribution in [0.15, 0.2) is 47.6 Å². The molecule has 4 rings (SSSR count). The van der Waals surface area contributed by atoms with E-state index < -0.39 is 0 Å². The number of hydrazone groups is 1. The van der Waals surface area contributed by atoms with E-state index in [2.05, 4.69) is 25.7 Å². The van der Waals surface area contributed by atoms with Gasteiger partial charge in [0.25, 0.3) is 5.95 Å². The zero-order valence-corrected chi connectivity index (χ0v) is 13.9. The van der Waals surface area contributed by atoms with E-state index in [1.165, 1.54) is 12.3 Å². The molecule has 0 aliphatic carbocycles. The maximum absolute atomic E-state index is 9.58. The molecule has 2 heterocycles. The number of anilines is 1. The highest BCUT2D eigenvalue weighted by molar-refractivity contribution is 6.34. The van der Waals surface area contributed by atoms with Gasteiger partial charge in [0.1, 0.15) is 11.3 Å². The summed E-state index contributed by atoms with van der Waals surface area (Å²) in [5.41, 5.74) is 5.80. The van der Waals surface area contributed by atoms with Crippen LogP contribution in [0, 0.1) is 0 Å². The first-order valence-electron chi connectivity index (χ1n) is 7.49. The number of halogens is 1. The third-order valence-electron chi connectivity index (χ3n) is 3.88. The van der Waals surface area contributed by atoms with Gasteiger partial charge in [-0.1, -0.05) is 41.9 Å². The molecule has 0 radical (unpaired) electrons. The molecule has 0 unspecified atom stereocenters. The molecule has 2 aromatic heterocycles. The molecule has 25 heavy (non-hydrogen) atoms. The summed E-state index contributed by atoms with van der Waals surface area (Å²) in [6.07, 6.45) is 1.48. The zero-order chi connectivity index (χ0) is 17.4. The number of phenols is 1. The van der Waals surface area contributed by atoms with Crippen molar-refractivity contribution in [2.45, 2.75) is 0 Å². The normalized spacial score (nSPS) is 11.6. The van der Waals surface area contributed by atoms with E-state index >= 15 is 0 Å². The Hall–Kier alpha value is -3.19. The standard InChI is InChI=1S/C17H13ClN6O/c1-24-12-7-3-2-6-11(12)15-16(24)20-17(23-21-15)22-19-9-10-5-4-8-13(25)14(10)18/h2-9,25H,1H3,(H,20,22,23)/b19-9-. The van der Waals surface area contributed by atoms with Gasteiger partial charge in [-0.2, -0.15) is 10.1 Å². The Bertz CT molecular complexity index is 1120. The lowest BCUT2D eigenvalue weighted by atomic mass is 10.2. The van der Waals surface area contributed by atoms with E-state index in [1.807, 2.05) is 35.9 Å². The van der Waals surface area contributed by atoms with Crippen molar-refractivity contribution in [1.82, 2.24) is 19.7 Å². The molecule has 2 aromatic carbocycles. The molecule has 0 amide bonds. The monoisotopic (exact) mass is 352 g/mol. The number of nitrogens with zero attached hydrogens (tertiary/aromatic N) is 5. The lowest BCUT2D eigenvalue weighted by molar-refractivity contribution is 0.475. The Kier molecular flexibility index (Phi) is 3.70. The van der Waals surface area contributed by atoms with Gasteiger partial charge < -0.3 is 9.67 Å². The first-order valence-corrected chi connectivity index (χ1v) is 7.87. The van der Waals surface area contributed by atoms with Crippen LogP contribution < -0.4 is 5.43 Å². The van der Waals surface area contributed by atoms with E-state index in [1.54, 1.807) is 12.1 Å². The average Bonchev–Trinajstić information content (AvgIpc) is 2.91. The quantitative estimate of drug-likeness (QED) is 0.436. The third-order valence-corrected chi connectivity index (χ3v) is 4.29. The van der Waals surface area contributed by atoms with Crippen molar-refractivity contribution >= 4 is 45.8 Å². The van der Waals surface area contributed by atoms with Crippen molar-refractivity contribution in [2.24, 2.45) is 12.1 Å². The number of hydrogen-bond acceptors (Lipinski definition) is 6. The van der Waals surface area contributed by atoms with Gasteiger partial charge in [-0.15, -0.1) is 10.2 Å². The average molecular weight is 353 g/mol. The highest BCUT2D eigenvalue weighted by Gasteiger charge is 2.11. The SMILES string of the molecule is Cn1c2ccccc2c2nnc(N/N=C\c3cccc(O)c3Cl)nc21. The Morgan fingerprint density at radius 1 is 1.16 bits per heavy atom. The van der Waals surface area contributed by atoms with Crippen LogP contribution in [0.2, 0.25) is 5.02 Å². The molecule has 0 spiro atoms. The Morgan fingerprint density at radius 3 is 2.88 bits per heavy atom. The molecule has 7 nitrogen and oxygen atoms in total. The number of rotatable bonds is 3. The van der Waals surface area contributed by atoms with E-state index in [4.69, 9.17) is 11.6 Å². The van der Waals surface area contributed by atoms with Crippen LogP contribution in [0.5, 0.6) is 5.75 Å². The highest BCUT2D eigenvalue weighted by atomic mass is 35.5. The number of aromatic nitrogens is 4.